The average molecular weight is 214 g/mol. The van der Waals surface area contributed by atoms with Gasteiger partial charge in [0.15, 0.2) is 5.78 Å². The molecule has 2 heterocycles. The number of nitrogens with zero attached hydrogens (tertiary/aromatic N) is 2. The lowest BCUT2D eigenvalue weighted by molar-refractivity contribution is 0.101. The van der Waals surface area contributed by atoms with Crippen LogP contribution < -0.4 is 0 Å². The normalized spacial score (nSPS) is 10.4. The van der Waals surface area contributed by atoms with Crippen molar-refractivity contribution in [1.82, 2.24) is 9.55 Å². The minimum absolute atomic E-state index is 0.100. The van der Waals surface area contributed by atoms with Gasteiger partial charge in [-0.25, -0.2) is 0 Å². The van der Waals surface area contributed by atoms with Crippen LogP contribution in [0.4, 0.5) is 0 Å². The van der Waals surface area contributed by atoms with Gasteiger partial charge in [0, 0.05) is 36.3 Å². The van der Waals surface area contributed by atoms with E-state index in [0.29, 0.717) is 0 Å². The first-order valence-electron chi connectivity index (χ1n) is 5.19. The van der Waals surface area contributed by atoms with Gasteiger partial charge in [0.25, 0.3) is 0 Å². The second-order valence-electron chi connectivity index (χ2n) is 3.89. The van der Waals surface area contributed by atoms with Crippen LogP contribution in [-0.2, 0) is 7.05 Å². The second-order valence-corrected chi connectivity index (χ2v) is 3.89. The van der Waals surface area contributed by atoms with Crippen molar-refractivity contribution < 1.29 is 4.79 Å². The maximum atomic E-state index is 11.4. The topological polar surface area (TPSA) is 34.9 Å². The highest BCUT2D eigenvalue weighted by Gasteiger charge is 2.13. The summed E-state index contributed by atoms with van der Waals surface area (Å²) in [6, 6.07) is 5.81. The van der Waals surface area contributed by atoms with Crippen LogP contribution in [0, 0.1) is 6.92 Å². The number of carbonyl (C=O) groups excluding carboxylic acids is 1. The molecule has 2 rings (SSSR count). The fourth-order valence-electron chi connectivity index (χ4n) is 1.85. The van der Waals surface area contributed by atoms with Gasteiger partial charge in [-0.2, -0.15) is 0 Å². The SMILES string of the molecule is CC(=O)c1cc(-c2cccnc2)n(C)c1C. The van der Waals surface area contributed by atoms with Crippen molar-refractivity contribution in [3.05, 3.63) is 41.9 Å². The van der Waals surface area contributed by atoms with Gasteiger partial charge < -0.3 is 4.57 Å². The van der Waals surface area contributed by atoms with E-state index in [1.54, 1.807) is 19.3 Å². The Balaban J connectivity index is 2.60. The van der Waals surface area contributed by atoms with Crippen molar-refractivity contribution in [3.8, 4) is 11.3 Å². The van der Waals surface area contributed by atoms with E-state index in [9.17, 15) is 4.79 Å². The number of hydrogen-bond acceptors (Lipinski definition) is 2. The van der Waals surface area contributed by atoms with Gasteiger partial charge in [-0.3, -0.25) is 9.78 Å². The molecule has 0 saturated carbocycles. The molecule has 16 heavy (non-hydrogen) atoms. The fourth-order valence-corrected chi connectivity index (χ4v) is 1.85. The summed E-state index contributed by atoms with van der Waals surface area (Å²) in [7, 11) is 1.96. The minimum Gasteiger partial charge on any atom is -0.347 e. The van der Waals surface area contributed by atoms with Crippen molar-refractivity contribution in [1.29, 1.82) is 0 Å². The highest BCUT2D eigenvalue weighted by molar-refractivity contribution is 5.96. The summed E-state index contributed by atoms with van der Waals surface area (Å²) in [6.07, 6.45) is 3.55. The lowest BCUT2D eigenvalue weighted by Crippen LogP contribution is -1.97. The van der Waals surface area contributed by atoms with Gasteiger partial charge in [-0.15, -0.1) is 0 Å². The van der Waals surface area contributed by atoms with E-state index in [2.05, 4.69) is 4.98 Å². The molecule has 0 unspecified atom stereocenters. The van der Waals surface area contributed by atoms with Crippen LogP contribution in [-0.4, -0.2) is 15.3 Å². The summed E-state index contributed by atoms with van der Waals surface area (Å²) in [5.74, 6) is 0.100. The first-order chi connectivity index (χ1) is 7.61. The van der Waals surface area contributed by atoms with Crippen molar-refractivity contribution in [3.63, 3.8) is 0 Å². The number of aromatic nitrogens is 2. The van der Waals surface area contributed by atoms with Gasteiger partial charge in [0.05, 0.1) is 5.69 Å². The molecule has 0 radical (unpaired) electrons. The van der Waals surface area contributed by atoms with Gasteiger partial charge in [0.2, 0.25) is 0 Å². The third-order valence-electron chi connectivity index (χ3n) is 2.87. The third kappa shape index (κ3) is 1.65. The zero-order chi connectivity index (χ0) is 11.7. The molecule has 2 aromatic heterocycles. The summed E-state index contributed by atoms with van der Waals surface area (Å²) >= 11 is 0. The van der Waals surface area contributed by atoms with Crippen LogP contribution in [0.5, 0.6) is 0 Å². The van der Waals surface area contributed by atoms with Crippen molar-refractivity contribution in [2.75, 3.05) is 0 Å². The molecule has 0 aromatic carbocycles. The van der Waals surface area contributed by atoms with Crippen molar-refractivity contribution in [2.45, 2.75) is 13.8 Å². The van der Waals surface area contributed by atoms with E-state index < -0.39 is 0 Å². The second kappa shape index (κ2) is 3.93. The molecule has 0 bridgehead atoms. The third-order valence-corrected chi connectivity index (χ3v) is 2.87. The maximum Gasteiger partial charge on any atom is 0.161 e. The van der Waals surface area contributed by atoms with Gasteiger partial charge in [-0.05, 0) is 32.0 Å². The van der Waals surface area contributed by atoms with E-state index in [-0.39, 0.29) is 5.78 Å². The first-order valence-corrected chi connectivity index (χ1v) is 5.19. The summed E-state index contributed by atoms with van der Waals surface area (Å²) in [5.41, 5.74) is 3.82. The summed E-state index contributed by atoms with van der Waals surface area (Å²) in [6.45, 7) is 3.55. The Kier molecular flexibility index (Phi) is 2.60. The van der Waals surface area contributed by atoms with Crippen LogP contribution in [0.3, 0.4) is 0 Å². The Morgan fingerprint density at radius 3 is 2.69 bits per heavy atom. The number of carbonyl (C=O) groups is 1. The van der Waals surface area contributed by atoms with Crippen LogP contribution >= 0.6 is 0 Å². The quantitative estimate of drug-likeness (QED) is 0.720. The van der Waals surface area contributed by atoms with Gasteiger partial charge >= 0.3 is 0 Å². The van der Waals surface area contributed by atoms with Gasteiger partial charge in [-0.1, -0.05) is 0 Å². The summed E-state index contributed by atoms with van der Waals surface area (Å²) in [5, 5.41) is 0. The van der Waals surface area contributed by atoms with E-state index in [1.165, 1.54) is 0 Å². The molecule has 0 saturated heterocycles. The van der Waals surface area contributed by atoms with Crippen LogP contribution in [0.2, 0.25) is 0 Å². The standard InChI is InChI=1S/C13H14N2O/c1-9-12(10(2)16)7-13(15(9)3)11-5-4-6-14-8-11/h4-8H,1-3H3. The number of hydrogen-bond donors (Lipinski definition) is 0. The monoisotopic (exact) mass is 214 g/mol. The molecular weight excluding hydrogens is 200 g/mol. The van der Waals surface area contributed by atoms with Crippen LogP contribution in [0.15, 0.2) is 30.6 Å². The minimum atomic E-state index is 0.100. The first kappa shape index (κ1) is 10.6. The predicted molar refractivity (Wildman–Crippen MR) is 63.4 cm³/mol. The molecule has 0 N–H and O–H groups in total. The lowest BCUT2D eigenvalue weighted by atomic mass is 10.1. The molecule has 2 aromatic rings. The number of Topliss-reactive ketones (excluding diaryl/α,β-unsaturated/α-hetero) is 1. The van der Waals surface area contributed by atoms with E-state index in [1.807, 2.05) is 36.7 Å². The molecule has 3 heteroatoms. The smallest absolute Gasteiger partial charge is 0.161 e. The summed E-state index contributed by atoms with van der Waals surface area (Å²) < 4.78 is 2.02. The zero-order valence-electron chi connectivity index (χ0n) is 9.69. The van der Waals surface area contributed by atoms with Crippen molar-refractivity contribution >= 4 is 5.78 Å². The molecule has 0 aliphatic heterocycles. The molecular formula is C13H14N2O. The Morgan fingerprint density at radius 2 is 2.19 bits per heavy atom. The Morgan fingerprint density at radius 1 is 1.44 bits per heavy atom. The lowest BCUT2D eigenvalue weighted by Gasteiger charge is -2.04. The highest BCUT2D eigenvalue weighted by atomic mass is 16.1. The molecule has 3 nitrogen and oxygen atoms in total. The Labute approximate surface area is 94.7 Å². The van der Waals surface area contributed by atoms with E-state index in [4.69, 9.17) is 0 Å². The zero-order valence-corrected chi connectivity index (χ0v) is 9.69. The predicted octanol–water partition coefficient (Wildman–Crippen LogP) is 2.60. The van der Waals surface area contributed by atoms with Crippen LogP contribution in [0.25, 0.3) is 11.3 Å². The fraction of sp³-hybridized carbons (Fsp3) is 0.231. The van der Waals surface area contributed by atoms with E-state index in [0.717, 1.165) is 22.5 Å². The number of pyridine rings is 1. The molecule has 0 amide bonds. The van der Waals surface area contributed by atoms with Crippen LogP contribution in [0.1, 0.15) is 23.0 Å². The molecule has 0 fully saturated rings. The van der Waals surface area contributed by atoms with E-state index >= 15 is 0 Å². The Bertz CT molecular complexity index is 526. The Hall–Kier alpha value is -1.90. The van der Waals surface area contributed by atoms with Crippen molar-refractivity contribution in [2.24, 2.45) is 7.05 Å². The molecule has 0 aliphatic carbocycles. The molecule has 82 valence electrons. The highest BCUT2D eigenvalue weighted by Crippen LogP contribution is 2.24. The maximum absolute atomic E-state index is 11.4. The van der Waals surface area contributed by atoms with Gasteiger partial charge in [0.1, 0.15) is 0 Å². The average Bonchev–Trinajstić information content (AvgIpc) is 2.58. The molecule has 0 aliphatic rings. The largest absolute Gasteiger partial charge is 0.347 e. The molecule has 0 atom stereocenters. The summed E-state index contributed by atoms with van der Waals surface area (Å²) in [4.78, 5) is 15.5. The molecule has 0 spiro atoms. The number of ketones is 1. The number of rotatable bonds is 2.